The number of pyridine rings is 1. The molecule has 0 radical (unpaired) electrons. The molecule has 4 heteroatoms. The van der Waals surface area contributed by atoms with Crippen molar-refractivity contribution in [2.75, 3.05) is 7.11 Å². The molecule has 2 rings (SSSR count). The molecule has 0 amide bonds. The second-order valence-electron chi connectivity index (χ2n) is 2.77. The summed E-state index contributed by atoms with van der Waals surface area (Å²) in [4.78, 5) is 4.19. The maximum Gasteiger partial charge on any atom is 0.146 e. The van der Waals surface area contributed by atoms with Crippen LogP contribution >= 0.6 is 23.2 Å². The minimum atomic E-state index is 0.476. The highest BCUT2D eigenvalue weighted by molar-refractivity contribution is 6.45. The number of nitrogens with zero attached hydrogens (tertiary/aromatic N) is 1. The zero-order valence-electron chi connectivity index (χ0n) is 7.42. The van der Waals surface area contributed by atoms with Gasteiger partial charge in [-0.05, 0) is 12.1 Å². The Bertz CT molecular complexity index is 485. The van der Waals surface area contributed by atoms with Gasteiger partial charge in [0.2, 0.25) is 0 Å². The van der Waals surface area contributed by atoms with Crippen LogP contribution in [0.1, 0.15) is 0 Å². The minimum Gasteiger partial charge on any atom is -0.494 e. The van der Waals surface area contributed by atoms with Crippen LogP contribution in [0.15, 0.2) is 24.4 Å². The number of benzene rings is 1. The van der Waals surface area contributed by atoms with E-state index in [9.17, 15) is 0 Å². The Morgan fingerprint density at radius 3 is 2.86 bits per heavy atom. The highest BCUT2D eigenvalue weighted by Crippen LogP contribution is 2.35. The van der Waals surface area contributed by atoms with Crippen LogP contribution in [-0.2, 0) is 0 Å². The summed E-state index contributed by atoms with van der Waals surface area (Å²) >= 11 is 12.0. The molecule has 1 heterocycles. The molecule has 1 aromatic heterocycles. The number of halogens is 2. The molecule has 0 saturated carbocycles. The van der Waals surface area contributed by atoms with Crippen molar-refractivity contribution in [1.29, 1.82) is 0 Å². The highest BCUT2D eigenvalue weighted by atomic mass is 35.5. The van der Waals surface area contributed by atoms with E-state index >= 15 is 0 Å². The van der Waals surface area contributed by atoms with Crippen LogP contribution in [0.25, 0.3) is 10.9 Å². The summed E-state index contributed by atoms with van der Waals surface area (Å²) in [5.74, 6) is 0.634. The van der Waals surface area contributed by atoms with Gasteiger partial charge in [-0.3, -0.25) is 4.98 Å². The lowest BCUT2D eigenvalue weighted by molar-refractivity contribution is 0.419. The fourth-order valence-electron chi connectivity index (χ4n) is 1.31. The average molecular weight is 228 g/mol. The van der Waals surface area contributed by atoms with Crippen LogP contribution in [0.5, 0.6) is 5.75 Å². The van der Waals surface area contributed by atoms with Crippen molar-refractivity contribution < 1.29 is 4.74 Å². The molecule has 0 saturated heterocycles. The molecule has 0 N–H and O–H groups in total. The number of methoxy groups -OCH3 is 1. The fourth-order valence-corrected chi connectivity index (χ4v) is 1.72. The molecular formula is C10H7Cl2NO. The second-order valence-corrected chi connectivity index (χ2v) is 3.56. The van der Waals surface area contributed by atoms with Gasteiger partial charge in [0.05, 0.1) is 17.2 Å². The van der Waals surface area contributed by atoms with Crippen molar-refractivity contribution in [3.8, 4) is 5.75 Å². The van der Waals surface area contributed by atoms with E-state index < -0.39 is 0 Å². The van der Waals surface area contributed by atoms with Gasteiger partial charge < -0.3 is 4.74 Å². The van der Waals surface area contributed by atoms with E-state index in [1.165, 1.54) is 0 Å². The smallest absolute Gasteiger partial charge is 0.146 e. The first-order valence-corrected chi connectivity index (χ1v) is 4.76. The van der Waals surface area contributed by atoms with Crippen LogP contribution in [-0.4, -0.2) is 12.1 Å². The van der Waals surface area contributed by atoms with Gasteiger partial charge in [0.1, 0.15) is 11.3 Å². The van der Waals surface area contributed by atoms with E-state index in [4.69, 9.17) is 27.9 Å². The summed E-state index contributed by atoms with van der Waals surface area (Å²) in [6.45, 7) is 0. The molecule has 2 nitrogen and oxygen atoms in total. The lowest BCUT2D eigenvalue weighted by atomic mass is 10.2. The average Bonchev–Trinajstić information content (AvgIpc) is 2.23. The Hall–Kier alpha value is -0.990. The molecular weight excluding hydrogens is 221 g/mol. The standard InChI is InChI=1S/C10H7Cl2NO/c1-14-8-5-7(11)9(12)6-3-2-4-13-10(6)8/h2-5H,1H3. The van der Waals surface area contributed by atoms with Crippen molar-refractivity contribution in [3.05, 3.63) is 34.4 Å². The third-order valence-electron chi connectivity index (χ3n) is 1.96. The van der Waals surface area contributed by atoms with Crippen molar-refractivity contribution in [2.45, 2.75) is 0 Å². The normalized spacial score (nSPS) is 10.5. The molecule has 0 aliphatic carbocycles. The summed E-state index contributed by atoms with van der Waals surface area (Å²) in [5, 5.41) is 1.79. The quantitative estimate of drug-likeness (QED) is 0.744. The summed E-state index contributed by atoms with van der Waals surface area (Å²) in [7, 11) is 1.58. The second kappa shape index (κ2) is 3.64. The molecule has 0 unspecified atom stereocenters. The van der Waals surface area contributed by atoms with Crippen LogP contribution < -0.4 is 4.74 Å². The van der Waals surface area contributed by atoms with E-state index in [1.807, 2.05) is 12.1 Å². The molecule has 0 bridgehead atoms. The SMILES string of the molecule is COc1cc(Cl)c(Cl)c2cccnc12. The number of rotatable bonds is 1. The van der Waals surface area contributed by atoms with Crippen LogP contribution in [0, 0.1) is 0 Å². The first-order valence-electron chi connectivity index (χ1n) is 4.00. The maximum atomic E-state index is 6.03. The Morgan fingerprint density at radius 2 is 2.14 bits per heavy atom. The van der Waals surface area contributed by atoms with E-state index in [1.54, 1.807) is 19.4 Å². The maximum absolute atomic E-state index is 6.03. The molecule has 0 aliphatic rings. The lowest BCUT2D eigenvalue weighted by Gasteiger charge is -2.06. The topological polar surface area (TPSA) is 22.1 Å². The molecule has 0 atom stereocenters. The fraction of sp³-hybridized carbons (Fsp3) is 0.100. The molecule has 72 valence electrons. The minimum absolute atomic E-state index is 0.476. The summed E-state index contributed by atoms with van der Waals surface area (Å²) in [6.07, 6.45) is 1.69. The van der Waals surface area contributed by atoms with E-state index in [0.29, 0.717) is 15.8 Å². The molecule has 0 fully saturated rings. The van der Waals surface area contributed by atoms with Gasteiger partial charge in [-0.15, -0.1) is 0 Å². The van der Waals surface area contributed by atoms with Gasteiger partial charge in [-0.1, -0.05) is 23.2 Å². The number of aromatic nitrogens is 1. The Labute approximate surface area is 91.4 Å². The highest BCUT2D eigenvalue weighted by Gasteiger charge is 2.09. The van der Waals surface area contributed by atoms with Crippen molar-refractivity contribution in [3.63, 3.8) is 0 Å². The number of hydrogen-bond acceptors (Lipinski definition) is 2. The lowest BCUT2D eigenvalue weighted by Crippen LogP contribution is -1.88. The first kappa shape index (κ1) is 9.56. The van der Waals surface area contributed by atoms with Gasteiger partial charge in [0.25, 0.3) is 0 Å². The molecule has 14 heavy (non-hydrogen) atoms. The van der Waals surface area contributed by atoms with Crippen molar-refractivity contribution in [1.82, 2.24) is 4.98 Å². The Morgan fingerprint density at radius 1 is 1.36 bits per heavy atom. The molecule has 2 aromatic rings. The summed E-state index contributed by atoms with van der Waals surface area (Å²) < 4.78 is 5.16. The predicted molar refractivity (Wildman–Crippen MR) is 58.3 cm³/mol. The van der Waals surface area contributed by atoms with E-state index in [0.717, 1.165) is 10.9 Å². The number of ether oxygens (including phenoxy) is 1. The van der Waals surface area contributed by atoms with Gasteiger partial charge in [-0.2, -0.15) is 0 Å². The van der Waals surface area contributed by atoms with Crippen LogP contribution in [0.2, 0.25) is 10.0 Å². The van der Waals surface area contributed by atoms with Crippen LogP contribution in [0.3, 0.4) is 0 Å². The third kappa shape index (κ3) is 1.41. The van der Waals surface area contributed by atoms with E-state index in [2.05, 4.69) is 4.98 Å². The largest absolute Gasteiger partial charge is 0.494 e. The van der Waals surface area contributed by atoms with Gasteiger partial charge in [0, 0.05) is 17.6 Å². The molecule has 1 aromatic carbocycles. The summed E-state index contributed by atoms with van der Waals surface area (Å²) in [6, 6.07) is 5.34. The van der Waals surface area contributed by atoms with Gasteiger partial charge >= 0.3 is 0 Å². The number of fused-ring (bicyclic) bond motifs is 1. The zero-order valence-corrected chi connectivity index (χ0v) is 8.93. The monoisotopic (exact) mass is 227 g/mol. The molecule has 0 aliphatic heterocycles. The summed E-state index contributed by atoms with van der Waals surface area (Å²) in [5.41, 5.74) is 0.726. The van der Waals surface area contributed by atoms with E-state index in [-0.39, 0.29) is 0 Å². The predicted octanol–water partition coefficient (Wildman–Crippen LogP) is 3.55. The zero-order chi connectivity index (χ0) is 10.1. The van der Waals surface area contributed by atoms with Crippen LogP contribution in [0.4, 0.5) is 0 Å². The van der Waals surface area contributed by atoms with Gasteiger partial charge in [-0.25, -0.2) is 0 Å². The van der Waals surface area contributed by atoms with Gasteiger partial charge in [0.15, 0.2) is 0 Å². The Balaban J connectivity index is 2.89. The number of hydrogen-bond donors (Lipinski definition) is 0. The third-order valence-corrected chi connectivity index (χ3v) is 2.77. The van der Waals surface area contributed by atoms with Crippen molar-refractivity contribution >= 4 is 34.1 Å². The first-order chi connectivity index (χ1) is 6.74. The Kier molecular flexibility index (Phi) is 2.48. The van der Waals surface area contributed by atoms with Crippen molar-refractivity contribution in [2.24, 2.45) is 0 Å². The molecule has 0 spiro atoms.